The van der Waals surface area contributed by atoms with Gasteiger partial charge in [0.1, 0.15) is 17.4 Å². The molecule has 0 spiro atoms. The van der Waals surface area contributed by atoms with E-state index in [4.69, 9.17) is 14.2 Å². The van der Waals surface area contributed by atoms with Crippen molar-refractivity contribution in [3.8, 4) is 5.75 Å². The molecule has 6 heteroatoms. The van der Waals surface area contributed by atoms with E-state index in [1.807, 2.05) is 24.3 Å². The zero-order valence-electron chi connectivity index (χ0n) is 17.2. The van der Waals surface area contributed by atoms with Gasteiger partial charge in [-0.2, -0.15) is 0 Å². The van der Waals surface area contributed by atoms with E-state index >= 15 is 0 Å². The number of esters is 1. The van der Waals surface area contributed by atoms with E-state index in [0.29, 0.717) is 6.42 Å². The van der Waals surface area contributed by atoms with Crippen molar-refractivity contribution >= 4 is 12.1 Å². The fourth-order valence-corrected chi connectivity index (χ4v) is 2.44. The Kier molecular flexibility index (Phi) is 9.68. The third kappa shape index (κ3) is 9.87. The monoisotopic (exact) mass is 379 g/mol. The second kappa shape index (κ2) is 11.5. The van der Waals surface area contributed by atoms with Crippen LogP contribution >= 0.6 is 0 Å². The van der Waals surface area contributed by atoms with Crippen molar-refractivity contribution in [2.45, 2.75) is 71.4 Å². The number of benzene rings is 1. The van der Waals surface area contributed by atoms with Gasteiger partial charge in [-0.15, -0.1) is 0 Å². The van der Waals surface area contributed by atoms with Crippen molar-refractivity contribution in [3.05, 3.63) is 29.8 Å². The molecular weight excluding hydrogens is 346 g/mol. The highest BCUT2D eigenvalue weighted by Crippen LogP contribution is 2.15. The lowest BCUT2D eigenvalue weighted by Crippen LogP contribution is -2.44. The second-order valence-electron chi connectivity index (χ2n) is 7.46. The van der Waals surface area contributed by atoms with Crippen molar-refractivity contribution in [3.63, 3.8) is 0 Å². The minimum atomic E-state index is -0.721. The molecule has 0 saturated carbocycles. The molecule has 1 atom stereocenters. The molecule has 0 aromatic heterocycles. The lowest BCUT2D eigenvalue weighted by atomic mass is 10.0. The van der Waals surface area contributed by atoms with Crippen LogP contribution in [0.2, 0.25) is 0 Å². The Morgan fingerprint density at radius 3 is 2.33 bits per heavy atom. The SMILES string of the molecule is CCCCOc1ccc(CCC[C@@H](NC(=O)OC(C)(C)C)C(=O)OC)cc1. The first-order valence-corrected chi connectivity index (χ1v) is 9.54. The summed E-state index contributed by atoms with van der Waals surface area (Å²) in [7, 11) is 1.31. The summed E-state index contributed by atoms with van der Waals surface area (Å²) in [6.45, 7) is 8.18. The molecule has 1 aromatic rings. The van der Waals surface area contributed by atoms with E-state index < -0.39 is 23.7 Å². The lowest BCUT2D eigenvalue weighted by Gasteiger charge is -2.22. The van der Waals surface area contributed by atoms with Crippen molar-refractivity contribution in [1.29, 1.82) is 0 Å². The Hall–Kier alpha value is -2.24. The van der Waals surface area contributed by atoms with Gasteiger partial charge in [0, 0.05) is 0 Å². The molecule has 0 aliphatic carbocycles. The molecule has 27 heavy (non-hydrogen) atoms. The van der Waals surface area contributed by atoms with Gasteiger partial charge < -0.3 is 19.5 Å². The number of carbonyl (C=O) groups excluding carboxylic acids is 2. The number of hydrogen-bond donors (Lipinski definition) is 1. The molecule has 0 aliphatic rings. The zero-order chi connectivity index (χ0) is 20.3. The third-order valence-electron chi connectivity index (χ3n) is 3.82. The summed E-state index contributed by atoms with van der Waals surface area (Å²) in [5.41, 5.74) is 0.532. The molecule has 0 bridgehead atoms. The average molecular weight is 379 g/mol. The summed E-state index contributed by atoms with van der Waals surface area (Å²) >= 11 is 0. The maximum atomic E-state index is 11.9. The number of nitrogens with one attached hydrogen (secondary N) is 1. The van der Waals surface area contributed by atoms with Crippen LogP contribution in [0.5, 0.6) is 5.75 Å². The van der Waals surface area contributed by atoms with Gasteiger partial charge in [0.15, 0.2) is 0 Å². The van der Waals surface area contributed by atoms with Crippen LogP contribution in [-0.4, -0.2) is 37.4 Å². The number of ether oxygens (including phenoxy) is 3. The first-order valence-electron chi connectivity index (χ1n) is 9.54. The summed E-state index contributed by atoms with van der Waals surface area (Å²) in [6, 6.07) is 7.25. The third-order valence-corrected chi connectivity index (χ3v) is 3.82. The molecule has 1 amide bonds. The molecular formula is C21H33NO5. The number of hydrogen-bond acceptors (Lipinski definition) is 5. The first kappa shape index (κ1) is 22.8. The summed E-state index contributed by atoms with van der Waals surface area (Å²) in [5.74, 6) is 0.395. The zero-order valence-corrected chi connectivity index (χ0v) is 17.2. The number of unbranched alkanes of at least 4 members (excludes halogenated alkanes) is 1. The maximum Gasteiger partial charge on any atom is 0.408 e. The first-order chi connectivity index (χ1) is 12.7. The summed E-state index contributed by atoms with van der Waals surface area (Å²) in [4.78, 5) is 23.8. The molecule has 0 saturated heterocycles. The van der Waals surface area contributed by atoms with Crippen LogP contribution in [0, 0.1) is 0 Å². The average Bonchev–Trinajstić information content (AvgIpc) is 2.60. The van der Waals surface area contributed by atoms with E-state index in [-0.39, 0.29) is 0 Å². The van der Waals surface area contributed by atoms with E-state index in [0.717, 1.165) is 43.6 Å². The Morgan fingerprint density at radius 1 is 1.11 bits per heavy atom. The molecule has 0 aliphatic heterocycles. The van der Waals surface area contributed by atoms with Crippen molar-refractivity contribution in [2.24, 2.45) is 0 Å². The smallest absolute Gasteiger partial charge is 0.408 e. The molecule has 0 radical (unpaired) electrons. The summed E-state index contributed by atoms with van der Waals surface area (Å²) in [5, 5.41) is 2.59. The topological polar surface area (TPSA) is 73.9 Å². The summed E-state index contributed by atoms with van der Waals surface area (Å²) in [6.07, 6.45) is 3.52. The largest absolute Gasteiger partial charge is 0.494 e. The van der Waals surface area contributed by atoms with Gasteiger partial charge in [-0.05, 0) is 64.2 Å². The number of aryl methyl sites for hydroxylation is 1. The van der Waals surface area contributed by atoms with Gasteiger partial charge in [0.25, 0.3) is 0 Å². The molecule has 1 rings (SSSR count). The molecule has 1 N–H and O–H groups in total. The fraction of sp³-hybridized carbons (Fsp3) is 0.619. The van der Waals surface area contributed by atoms with Gasteiger partial charge in [-0.1, -0.05) is 25.5 Å². The van der Waals surface area contributed by atoms with Crippen LogP contribution < -0.4 is 10.1 Å². The van der Waals surface area contributed by atoms with Crippen LogP contribution in [0.25, 0.3) is 0 Å². The fourth-order valence-electron chi connectivity index (χ4n) is 2.44. The number of carbonyl (C=O) groups is 2. The van der Waals surface area contributed by atoms with E-state index in [2.05, 4.69) is 12.2 Å². The molecule has 0 fully saturated rings. The lowest BCUT2D eigenvalue weighted by molar-refractivity contribution is -0.143. The molecule has 6 nitrogen and oxygen atoms in total. The Labute approximate surface area is 162 Å². The number of alkyl carbamates (subject to hydrolysis) is 1. The molecule has 152 valence electrons. The van der Waals surface area contributed by atoms with Gasteiger partial charge in [-0.25, -0.2) is 9.59 Å². The Morgan fingerprint density at radius 2 is 1.78 bits per heavy atom. The van der Waals surface area contributed by atoms with Crippen LogP contribution in [0.3, 0.4) is 0 Å². The van der Waals surface area contributed by atoms with Crippen LogP contribution in [0.1, 0.15) is 58.9 Å². The van der Waals surface area contributed by atoms with Crippen LogP contribution in [0.4, 0.5) is 4.79 Å². The number of amides is 1. The highest BCUT2D eigenvalue weighted by molar-refractivity contribution is 5.81. The van der Waals surface area contributed by atoms with Crippen LogP contribution in [-0.2, 0) is 20.7 Å². The standard InChI is InChI=1S/C21H33NO5/c1-6-7-15-26-17-13-11-16(12-14-17)9-8-10-18(19(23)25-5)22-20(24)27-21(2,3)4/h11-14,18H,6-10,15H2,1-5H3,(H,22,24)/t18-/m1/s1. The van der Waals surface area contributed by atoms with E-state index in [9.17, 15) is 9.59 Å². The normalized spacial score (nSPS) is 12.2. The van der Waals surface area contributed by atoms with Gasteiger partial charge in [0.05, 0.1) is 13.7 Å². The van der Waals surface area contributed by atoms with Gasteiger partial charge >= 0.3 is 12.1 Å². The highest BCUT2D eigenvalue weighted by atomic mass is 16.6. The van der Waals surface area contributed by atoms with Crippen molar-refractivity contribution < 1.29 is 23.8 Å². The Bertz CT molecular complexity index is 577. The van der Waals surface area contributed by atoms with E-state index in [1.54, 1.807) is 20.8 Å². The molecule has 0 unspecified atom stereocenters. The predicted molar refractivity (Wildman–Crippen MR) is 105 cm³/mol. The van der Waals surface area contributed by atoms with Crippen molar-refractivity contribution in [2.75, 3.05) is 13.7 Å². The number of methoxy groups -OCH3 is 1. The molecule has 1 aromatic carbocycles. The van der Waals surface area contributed by atoms with Crippen molar-refractivity contribution in [1.82, 2.24) is 5.32 Å². The van der Waals surface area contributed by atoms with E-state index in [1.165, 1.54) is 7.11 Å². The Balaban J connectivity index is 2.48. The highest BCUT2D eigenvalue weighted by Gasteiger charge is 2.24. The quantitative estimate of drug-likeness (QED) is 0.486. The predicted octanol–water partition coefficient (Wildman–Crippen LogP) is 4.25. The molecule has 0 heterocycles. The second-order valence-corrected chi connectivity index (χ2v) is 7.46. The summed E-state index contributed by atoms with van der Waals surface area (Å²) < 4.78 is 15.6. The van der Waals surface area contributed by atoms with Gasteiger partial charge in [-0.3, -0.25) is 0 Å². The minimum Gasteiger partial charge on any atom is -0.494 e. The minimum absolute atomic E-state index is 0.472. The van der Waals surface area contributed by atoms with Crippen LogP contribution in [0.15, 0.2) is 24.3 Å². The number of rotatable bonds is 10. The maximum absolute atomic E-state index is 11.9. The van der Waals surface area contributed by atoms with Gasteiger partial charge in [0.2, 0.25) is 0 Å².